The molecule has 0 aromatic heterocycles. The van der Waals surface area contributed by atoms with Crippen LogP contribution in [0.4, 0.5) is 5.69 Å². The summed E-state index contributed by atoms with van der Waals surface area (Å²) in [7, 11) is -3.54. The number of esters is 1. The number of ether oxygens (including phenoxy) is 2. The molecule has 0 aliphatic carbocycles. The Labute approximate surface area is 229 Å². The van der Waals surface area contributed by atoms with Crippen LogP contribution in [0.3, 0.4) is 0 Å². The van der Waals surface area contributed by atoms with Crippen molar-refractivity contribution in [2.75, 3.05) is 24.8 Å². The van der Waals surface area contributed by atoms with E-state index in [1.54, 1.807) is 43.3 Å². The molecule has 0 fully saturated rings. The average molecular weight is 552 g/mol. The molecule has 0 saturated carbocycles. The highest BCUT2D eigenvalue weighted by atomic mass is 32.2. The Morgan fingerprint density at radius 3 is 2.10 bits per heavy atom. The van der Waals surface area contributed by atoms with Crippen molar-refractivity contribution in [3.05, 3.63) is 101 Å². The zero-order valence-electron chi connectivity index (χ0n) is 22.3. The Hall–Kier alpha value is -3.95. The number of rotatable bonds is 13. The minimum Gasteiger partial charge on any atom is -0.464 e. The Bertz CT molecular complexity index is 1360. The third-order valence-corrected chi connectivity index (χ3v) is 6.05. The van der Waals surface area contributed by atoms with Crippen LogP contribution in [-0.4, -0.2) is 45.9 Å². The molecule has 9 heteroatoms. The van der Waals surface area contributed by atoms with Crippen LogP contribution in [0.5, 0.6) is 5.75 Å². The summed E-state index contributed by atoms with van der Waals surface area (Å²) >= 11 is 0. The molecular weight excluding hydrogens is 518 g/mol. The maximum absolute atomic E-state index is 12.7. The fraction of sp³-hybridized carbons (Fsp3) is 0.267. The maximum Gasteiger partial charge on any atom is 0.335 e. The molecule has 0 saturated heterocycles. The Kier molecular flexibility index (Phi) is 10.8. The first kappa shape index (κ1) is 29.6. The van der Waals surface area contributed by atoms with E-state index in [0.717, 1.165) is 22.9 Å². The molecule has 1 atom stereocenters. The number of carbonyl (C=O) groups excluding carboxylic acids is 2. The maximum atomic E-state index is 12.7. The van der Waals surface area contributed by atoms with E-state index in [9.17, 15) is 18.0 Å². The second-order valence-electron chi connectivity index (χ2n) is 8.71. The van der Waals surface area contributed by atoms with Gasteiger partial charge in [-0.15, -0.1) is 0 Å². The van der Waals surface area contributed by atoms with E-state index in [4.69, 9.17) is 13.7 Å². The molecule has 3 aromatic carbocycles. The number of nitrogens with one attached hydrogen (secondary N) is 1. The van der Waals surface area contributed by atoms with E-state index < -0.39 is 22.2 Å². The van der Waals surface area contributed by atoms with Gasteiger partial charge in [-0.05, 0) is 73.4 Å². The van der Waals surface area contributed by atoms with Crippen molar-refractivity contribution in [3.63, 3.8) is 0 Å². The smallest absolute Gasteiger partial charge is 0.335 e. The number of hydrogen-bond donors (Lipinski definition) is 1. The lowest BCUT2D eigenvalue weighted by Gasteiger charge is -2.15. The van der Waals surface area contributed by atoms with Crippen molar-refractivity contribution in [3.8, 4) is 5.75 Å². The second-order valence-corrected chi connectivity index (χ2v) is 10.3. The van der Waals surface area contributed by atoms with Gasteiger partial charge in [0, 0.05) is 24.3 Å². The lowest BCUT2D eigenvalue weighted by atomic mass is 10.0. The van der Waals surface area contributed by atoms with Gasteiger partial charge in [-0.3, -0.25) is 4.79 Å². The first-order valence-electron chi connectivity index (χ1n) is 12.6. The molecule has 3 rings (SSSR count). The van der Waals surface area contributed by atoms with Crippen LogP contribution in [0.25, 0.3) is 6.08 Å². The molecule has 0 spiro atoms. The molecule has 39 heavy (non-hydrogen) atoms. The van der Waals surface area contributed by atoms with Crippen LogP contribution < -0.4 is 9.50 Å². The second kappa shape index (κ2) is 14.3. The number of carbonyl (C=O) groups is 2. The van der Waals surface area contributed by atoms with Gasteiger partial charge in [0.25, 0.3) is 5.91 Å². The van der Waals surface area contributed by atoms with Gasteiger partial charge < -0.3 is 19.0 Å². The third kappa shape index (κ3) is 10.0. The lowest BCUT2D eigenvalue weighted by molar-refractivity contribution is -0.156. The van der Waals surface area contributed by atoms with Crippen molar-refractivity contribution in [2.24, 2.45) is 0 Å². The highest BCUT2D eigenvalue weighted by Gasteiger charge is 2.20. The molecule has 0 unspecified atom stereocenters. The summed E-state index contributed by atoms with van der Waals surface area (Å²) in [5.74, 6) is -0.354. The molecule has 206 valence electrons. The monoisotopic (exact) mass is 551 g/mol. The van der Waals surface area contributed by atoms with Gasteiger partial charge in [0.05, 0.1) is 12.9 Å². The molecule has 0 aliphatic heterocycles. The summed E-state index contributed by atoms with van der Waals surface area (Å²) in [6.45, 7) is 4.27. The van der Waals surface area contributed by atoms with E-state index >= 15 is 0 Å². The Morgan fingerprint density at radius 2 is 1.51 bits per heavy atom. The third-order valence-electron chi connectivity index (χ3n) is 5.56. The number of allylic oxidation sites excluding steroid dienone is 1. The predicted octanol–water partition coefficient (Wildman–Crippen LogP) is 5.04. The lowest BCUT2D eigenvalue weighted by Crippen LogP contribution is -2.29. The first-order chi connectivity index (χ1) is 18.7. The zero-order valence-corrected chi connectivity index (χ0v) is 23.1. The van der Waals surface area contributed by atoms with Gasteiger partial charge in [0.2, 0.25) is 0 Å². The number of benzene rings is 3. The molecule has 0 radical (unpaired) electrons. The Balaban J connectivity index is 1.51. The summed E-state index contributed by atoms with van der Waals surface area (Å²) in [5.41, 5.74) is 4.03. The van der Waals surface area contributed by atoms with Crippen molar-refractivity contribution >= 4 is 33.8 Å². The average Bonchev–Trinajstić information content (AvgIpc) is 2.90. The van der Waals surface area contributed by atoms with Gasteiger partial charge in [0.1, 0.15) is 5.75 Å². The molecule has 0 heterocycles. The molecule has 1 amide bonds. The van der Waals surface area contributed by atoms with Crippen LogP contribution in [-0.2, 0) is 37.2 Å². The quantitative estimate of drug-likeness (QED) is 0.234. The van der Waals surface area contributed by atoms with Crippen molar-refractivity contribution in [1.29, 1.82) is 0 Å². The molecule has 3 aromatic rings. The SMILES string of the molecule is CCOC(=O)[C@H](Cc1ccc(C(=O)Nc2ccc(C/C=C/c3ccc(OS(C)(=O)=O)cc3)cc2)cc1)OCC. The van der Waals surface area contributed by atoms with Crippen molar-refractivity contribution in [1.82, 2.24) is 0 Å². The molecule has 0 aliphatic rings. The van der Waals surface area contributed by atoms with E-state index in [1.807, 2.05) is 55.5 Å². The largest absolute Gasteiger partial charge is 0.464 e. The van der Waals surface area contributed by atoms with Crippen molar-refractivity contribution < 1.29 is 31.7 Å². The fourth-order valence-electron chi connectivity index (χ4n) is 3.72. The van der Waals surface area contributed by atoms with E-state index in [2.05, 4.69) is 5.32 Å². The van der Waals surface area contributed by atoms with Crippen LogP contribution in [0.15, 0.2) is 78.9 Å². The van der Waals surface area contributed by atoms with Gasteiger partial charge in [-0.1, -0.05) is 48.6 Å². The van der Waals surface area contributed by atoms with Gasteiger partial charge in [-0.2, -0.15) is 8.42 Å². The highest BCUT2D eigenvalue weighted by molar-refractivity contribution is 7.86. The van der Waals surface area contributed by atoms with Crippen molar-refractivity contribution in [2.45, 2.75) is 32.8 Å². The summed E-state index contributed by atoms with van der Waals surface area (Å²) in [6.07, 6.45) is 5.32. The molecule has 0 bridgehead atoms. The number of hydrogen-bond acceptors (Lipinski definition) is 7. The van der Waals surface area contributed by atoms with Crippen LogP contribution in [0, 0.1) is 0 Å². The summed E-state index contributed by atoms with van der Waals surface area (Å²) in [4.78, 5) is 24.8. The molecule has 8 nitrogen and oxygen atoms in total. The van der Waals surface area contributed by atoms with Crippen LogP contribution >= 0.6 is 0 Å². The minimum absolute atomic E-state index is 0.232. The highest BCUT2D eigenvalue weighted by Crippen LogP contribution is 2.17. The summed E-state index contributed by atoms with van der Waals surface area (Å²) < 4.78 is 37.8. The van der Waals surface area contributed by atoms with Crippen LogP contribution in [0.2, 0.25) is 0 Å². The van der Waals surface area contributed by atoms with Crippen LogP contribution in [0.1, 0.15) is 40.9 Å². The van der Waals surface area contributed by atoms with Gasteiger partial charge in [-0.25, -0.2) is 4.79 Å². The first-order valence-corrected chi connectivity index (χ1v) is 14.4. The van der Waals surface area contributed by atoms with Gasteiger partial charge >= 0.3 is 16.1 Å². The van der Waals surface area contributed by atoms with E-state index in [0.29, 0.717) is 37.3 Å². The molecule has 1 N–H and O–H groups in total. The van der Waals surface area contributed by atoms with E-state index in [-0.39, 0.29) is 11.7 Å². The predicted molar refractivity (Wildman–Crippen MR) is 151 cm³/mol. The van der Waals surface area contributed by atoms with E-state index in [1.165, 1.54) is 0 Å². The minimum atomic E-state index is -3.54. The van der Waals surface area contributed by atoms with Gasteiger partial charge in [0.15, 0.2) is 6.10 Å². The summed E-state index contributed by atoms with van der Waals surface area (Å²) in [6, 6.07) is 21.4. The Morgan fingerprint density at radius 1 is 0.872 bits per heavy atom. The standard InChI is InChI=1S/C30H33NO7S/c1-4-36-28(30(33)37-5-2)21-24-9-15-25(16-10-24)29(32)31-26-17-11-22(12-18-26)7-6-8-23-13-19-27(20-14-23)38-39(3,34)35/h6,8-20,28H,4-5,7,21H2,1-3H3,(H,31,32)/b8-6+/t28-/m0/s1. The molecular formula is C30H33NO7S. The topological polar surface area (TPSA) is 108 Å². The fourth-order valence-corrected chi connectivity index (χ4v) is 4.18. The number of amides is 1. The normalized spacial score (nSPS) is 12.2. The number of anilines is 1. The summed E-state index contributed by atoms with van der Waals surface area (Å²) in [5, 5.41) is 2.89. The zero-order chi connectivity index (χ0) is 28.3.